The van der Waals surface area contributed by atoms with E-state index in [1.807, 2.05) is 0 Å². The molecule has 0 bridgehead atoms. The van der Waals surface area contributed by atoms with Crippen molar-refractivity contribution >= 4 is 28.6 Å². The summed E-state index contributed by atoms with van der Waals surface area (Å²) >= 11 is 0. The molecule has 1 unspecified atom stereocenters. The molecule has 6 nitrogen and oxygen atoms in total. The molecule has 3 N–H and O–H groups in total. The van der Waals surface area contributed by atoms with E-state index >= 15 is 0 Å². The minimum absolute atomic E-state index is 0.0155. The minimum atomic E-state index is -1.00. The van der Waals surface area contributed by atoms with Crippen LogP contribution in [0, 0.1) is 29.3 Å². The van der Waals surface area contributed by atoms with Gasteiger partial charge >= 0.3 is 0 Å². The number of aromatic nitrogens is 1. The van der Waals surface area contributed by atoms with Gasteiger partial charge in [-0.2, -0.15) is 0 Å². The Bertz CT molecular complexity index is 1280. The molecule has 2 fully saturated rings. The number of rotatable bonds is 5. The van der Waals surface area contributed by atoms with Crippen LogP contribution in [0.3, 0.4) is 0 Å². The average Bonchev–Trinajstić information content (AvgIpc) is 3.27. The SMILES string of the molecule is O=C1CC(C(=O)NC[C@H]2C[C@H](c3c(-c4ccc(F)cc4)[nH]c4c(F)cc(F)cc43)C2)C(=O)N1. The van der Waals surface area contributed by atoms with E-state index in [-0.39, 0.29) is 23.8 Å². The number of nitrogens with one attached hydrogen (secondary N) is 3. The van der Waals surface area contributed by atoms with Gasteiger partial charge in [-0.15, -0.1) is 0 Å². The van der Waals surface area contributed by atoms with Gasteiger partial charge in [0.05, 0.1) is 11.2 Å². The molecule has 0 radical (unpaired) electrons. The number of fused-ring (bicyclic) bond motifs is 1. The molecular formula is C24H20F3N3O3. The fourth-order valence-electron chi connectivity index (χ4n) is 4.78. The fourth-order valence-corrected chi connectivity index (χ4v) is 4.78. The Morgan fingerprint density at radius 2 is 1.76 bits per heavy atom. The maximum atomic E-state index is 14.5. The first kappa shape index (κ1) is 21.2. The Morgan fingerprint density at radius 3 is 2.42 bits per heavy atom. The van der Waals surface area contributed by atoms with Crippen molar-refractivity contribution in [1.29, 1.82) is 0 Å². The zero-order chi connectivity index (χ0) is 23.3. The van der Waals surface area contributed by atoms with Crippen LogP contribution in [0.1, 0.15) is 30.7 Å². The predicted molar refractivity (Wildman–Crippen MR) is 113 cm³/mol. The van der Waals surface area contributed by atoms with Crippen LogP contribution in [0.2, 0.25) is 0 Å². The van der Waals surface area contributed by atoms with E-state index in [0.717, 1.165) is 11.6 Å². The molecule has 1 saturated carbocycles. The Balaban J connectivity index is 1.35. The second-order valence-corrected chi connectivity index (χ2v) is 8.68. The summed E-state index contributed by atoms with van der Waals surface area (Å²) in [6.45, 7) is 0.338. The molecule has 3 amide bonds. The molecule has 1 aromatic heterocycles. The number of amides is 3. The van der Waals surface area contributed by atoms with E-state index in [9.17, 15) is 27.6 Å². The highest BCUT2D eigenvalue weighted by molar-refractivity contribution is 6.13. The van der Waals surface area contributed by atoms with E-state index in [1.165, 1.54) is 18.2 Å². The van der Waals surface area contributed by atoms with Crippen molar-refractivity contribution in [3.63, 3.8) is 0 Å². The van der Waals surface area contributed by atoms with Crippen molar-refractivity contribution in [2.75, 3.05) is 6.54 Å². The lowest BCUT2D eigenvalue weighted by Crippen LogP contribution is -2.40. The number of hydrogen-bond donors (Lipinski definition) is 3. The summed E-state index contributed by atoms with van der Waals surface area (Å²) in [7, 11) is 0. The van der Waals surface area contributed by atoms with Crippen LogP contribution in [-0.4, -0.2) is 29.3 Å². The van der Waals surface area contributed by atoms with Gasteiger partial charge < -0.3 is 10.3 Å². The molecule has 2 heterocycles. The van der Waals surface area contributed by atoms with E-state index in [4.69, 9.17) is 0 Å². The van der Waals surface area contributed by atoms with E-state index in [0.29, 0.717) is 36.0 Å². The van der Waals surface area contributed by atoms with Crippen LogP contribution in [0.4, 0.5) is 13.2 Å². The lowest BCUT2D eigenvalue weighted by Gasteiger charge is -2.36. The highest BCUT2D eigenvalue weighted by atomic mass is 19.1. The maximum absolute atomic E-state index is 14.5. The third-order valence-electron chi connectivity index (χ3n) is 6.49. The second-order valence-electron chi connectivity index (χ2n) is 8.68. The molecule has 1 aliphatic carbocycles. The van der Waals surface area contributed by atoms with Crippen molar-refractivity contribution < 1.29 is 27.6 Å². The van der Waals surface area contributed by atoms with E-state index < -0.39 is 41.1 Å². The topological polar surface area (TPSA) is 91.1 Å². The average molecular weight is 455 g/mol. The molecule has 33 heavy (non-hydrogen) atoms. The fraction of sp³-hybridized carbons (Fsp3) is 0.292. The van der Waals surface area contributed by atoms with Gasteiger partial charge in [0, 0.05) is 24.4 Å². The predicted octanol–water partition coefficient (Wildman–Crippen LogP) is 3.52. The van der Waals surface area contributed by atoms with Crippen LogP contribution in [0.25, 0.3) is 22.2 Å². The molecule has 3 aromatic rings. The molecule has 5 rings (SSSR count). The van der Waals surface area contributed by atoms with Crippen molar-refractivity contribution in [3.8, 4) is 11.3 Å². The summed E-state index contributed by atoms with van der Waals surface area (Å²) in [6.07, 6.45) is 1.18. The van der Waals surface area contributed by atoms with Crippen molar-refractivity contribution in [3.05, 3.63) is 59.4 Å². The van der Waals surface area contributed by atoms with E-state index in [1.54, 1.807) is 12.1 Å². The van der Waals surface area contributed by atoms with Gasteiger partial charge in [-0.05, 0) is 66.1 Å². The standard InChI is InChI=1S/C24H20F3N3O3/c25-14-3-1-12(2-4-14)21-20(16-7-15(26)8-18(27)22(16)30-21)13-5-11(6-13)10-28-23(32)17-9-19(31)29-24(17)33/h1-4,7-8,11,13,17,30H,5-6,9-10H2,(H,28,32)(H,29,31,33)/t11-,13-,17?. The monoisotopic (exact) mass is 455 g/mol. The quantitative estimate of drug-likeness (QED) is 0.406. The zero-order valence-electron chi connectivity index (χ0n) is 17.4. The number of H-pyrrole nitrogens is 1. The molecule has 170 valence electrons. The summed E-state index contributed by atoms with van der Waals surface area (Å²) in [5.41, 5.74) is 2.23. The molecular weight excluding hydrogens is 435 g/mol. The van der Waals surface area contributed by atoms with Gasteiger partial charge in [0.25, 0.3) is 0 Å². The number of carbonyl (C=O) groups excluding carboxylic acids is 3. The van der Waals surface area contributed by atoms with Gasteiger partial charge in [-0.25, -0.2) is 13.2 Å². The highest BCUT2D eigenvalue weighted by Crippen LogP contribution is 2.48. The summed E-state index contributed by atoms with van der Waals surface area (Å²) in [5.74, 6) is -4.21. The third kappa shape index (κ3) is 3.88. The molecule has 1 aliphatic heterocycles. The van der Waals surface area contributed by atoms with Crippen LogP contribution < -0.4 is 10.6 Å². The minimum Gasteiger partial charge on any atom is -0.355 e. The maximum Gasteiger partial charge on any atom is 0.239 e. The van der Waals surface area contributed by atoms with Crippen LogP contribution in [0.5, 0.6) is 0 Å². The third-order valence-corrected chi connectivity index (χ3v) is 6.49. The summed E-state index contributed by atoms with van der Waals surface area (Å²) in [4.78, 5) is 38.2. The molecule has 2 aromatic carbocycles. The van der Waals surface area contributed by atoms with Crippen molar-refractivity contribution in [2.45, 2.75) is 25.2 Å². The summed E-state index contributed by atoms with van der Waals surface area (Å²) in [5, 5.41) is 5.29. The normalized spacial score (nSPS) is 22.3. The Labute approximate surface area is 186 Å². The van der Waals surface area contributed by atoms with Crippen LogP contribution in [-0.2, 0) is 14.4 Å². The van der Waals surface area contributed by atoms with Gasteiger partial charge in [0.1, 0.15) is 23.4 Å². The summed E-state index contributed by atoms with van der Waals surface area (Å²) < 4.78 is 41.9. The van der Waals surface area contributed by atoms with Gasteiger partial charge in [-0.3, -0.25) is 19.7 Å². The van der Waals surface area contributed by atoms with Crippen LogP contribution in [0.15, 0.2) is 36.4 Å². The second kappa shape index (κ2) is 8.06. The first-order chi connectivity index (χ1) is 15.8. The summed E-state index contributed by atoms with van der Waals surface area (Å²) in [6, 6.07) is 7.90. The van der Waals surface area contributed by atoms with Gasteiger partial charge in [0.2, 0.25) is 17.7 Å². The number of halogens is 3. The largest absolute Gasteiger partial charge is 0.355 e. The first-order valence-corrected chi connectivity index (χ1v) is 10.7. The number of hydrogen-bond acceptors (Lipinski definition) is 3. The number of carbonyl (C=O) groups is 3. The Hall–Kier alpha value is -3.62. The smallest absolute Gasteiger partial charge is 0.239 e. The Morgan fingerprint density at radius 1 is 1.03 bits per heavy atom. The highest BCUT2D eigenvalue weighted by Gasteiger charge is 2.38. The molecule has 9 heteroatoms. The molecule has 1 atom stereocenters. The number of aromatic amines is 1. The Kier molecular flexibility index (Phi) is 5.19. The molecule has 2 aliphatic rings. The number of benzene rings is 2. The lowest BCUT2D eigenvalue weighted by atomic mass is 9.70. The number of imide groups is 1. The van der Waals surface area contributed by atoms with Gasteiger partial charge in [-0.1, -0.05) is 0 Å². The van der Waals surface area contributed by atoms with Crippen molar-refractivity contribution in [2.24, 2.45) is 11.8 Å². The lowest BCUT2D eigenvalue weighted by molar-refractivity contribution is -0.133. The van der Waals surface area contributed by atoms with E-state index in [2.05, 4.69) is 15.6 Å². The van der Waals surface area contributed by atoms with Gasteiger partial charge in [0.15, 0.2) is 0 Å². The molecule has 0 spiro atoms. The van der Waals surface area contributed by atoms with Crippen molar-refractivity contribution in [1.82, 2.24) is 15.6 Å². The molecule has 1 saturated heterocycles. The van der Waals surface area contributed by atoms with Crippen LogP contribution >= 0.6 is 0 Å². The zero-order valence-corrected chi connectivity index (χ0v) is 17.4. The first-order valence-electron chi connectivity index (χ1n) is 10.7.